The van der Waals surface area contributed by atoms with Crippen molar-refractivity contribution in [3.8, 4) is 0 Å². The van der Waals surface area contributed by atoms with Gasteiger partial charge < -0.3 is 9.67 Å². The maximum Gasteiger partial charge on any atom is 0.0782 e. The molecular weight excluding hydrogens is 210 g/mol. The van der Waals surface area contributed by atoms with Gasteiger partial charge in [0.1, 0.15) is 0 Å². The fourth-order valence-corrected chi connectivity index (χ4v) is 2.71. The molecule has 0 aliphatic heterocycles. The van der Waals surface area contributed by atoms with Crippen molar-refractivity contribution in [3.63, 3.8) is 0 Å². The van der Waals surface area contributed by atoms with Crippen LogP contribution >= 0.6 is 0 Å². The third-order valence-corrected chi connectivity index (χ3v) is 3.95. The quantitative estimate of drug-likeness (QED) is 0.856. The number of hydrogen-bond acceptors (Lipinski definition) is 1. The zero-order chi connectivity index (χ0) is 11.8. The van der Waals surface area contributed by atoms with Gasteiger partial charge in [-0.3, -0.25) is 0 Å². The van der Waals surface area contributed by atoms with Crippen molar-refractivity contribution in [2.45, 2.75) is 38.8 Å². The second kappa shape index (κ2) is 4.19. The number of aromatic nitrogens is 1. The number of para-hydroxylation sites is 1. The molecule has 0 radical (unpaired) electrons. The molecule has 1 saturated carbocycles. The Morgan fingerprint density at radius 2 is 2.12 bits per heavy atom. The van der Waals surface area contributed by atoms with Gasteiger partial charge >= 0.3 is 0 Å². The van der Waals surface area contributed by atoms with E-state index < -0.39 is 0 Å². The summed E-state index contributed by atoms with van der Waals surface area (Å²) in [5, 5.41) is 11.0. The number of rotatable bonds is 3. The molecule has 2 heteroatoms. The molecule has 0 spiro atoms. The molecule has 1 unspecified atom stereocenters. The molecule has 1 N–H and O–H groups in total. The number of fused-ring (bicyclic) bond motifs is 1. The SMILES string of the molecule is CC(O)c1cn(CC2CCC2)c2ccccc12. The van der Waals surface area contributed by atoms with Crippen LogP contribution in [-0.2, 0) is 6.54 Å². The number of aliphatic hydroxyl groups is 1. The fraction of sp³-hybridized carbons (Fsp3) is 0.467. The van der Waals surface area contributed by atoms with Crippen molar-refractivity contribution in [2.24, 2.45) is 5.92 Å². The molecule has 2 aromatic rings. The second-order valence-electron chi connectivity index (χ2n) is 5.23. The monoisotopic (exact) mass is 229 g/mol. The summed E-state index contributed by atoms with van der Waals surface area (Å²) in [7, 11) is 0. The molecule has 1 aromatic heterocycles. The predicted molar refractivity (Wildman–Crippen MR) is 69.9 cm³/mol. The van der Waals surface area contributed by atoms with Crippen molar-refractivity contribution < 1.29 is 5.11 Å². The highest BCUT2D eigenvalue weighted by atomic mass is 16.3. The predicted octanol–water partition coefficient (Wildman–Crippen LogP) is 3.49. The Morgan fingerprint density at radius 1 is 1.35 bits per heavy atom. The van der Waals surface area contributed by atoms with Gasteiger partial charge in [-0.05, 0) is 31.7 Å². The van der Waals surface area contributed by atoms with Crippen LogP contribution in [0.25, 0.3) is 10.9 Å². The van der Waals surface area contributed by atoms with Crippen LogP contribution < -0.4 is 0 Å². The van der Waals surface area contributed by atoms with Crippen LogP contribution in [0.15, 0.2) is 30.5 Å². The maximum atomic E-state index is 9.83. The van der Waals surface area contributed by atoms with Gasteiger partial charge in [-0.1, -0.05) is 24.6 Å². The first-order valence-corrected chi connectivity index (χ1v) is 6.51. The van der Waals surface area contributed by atoms with E-state index in [1.54, 1.807) is 0 Å². The second-order valence-corrected chi connectivity index (χ2v) is 5.23. The molecular formula is C15H19NO. The van der Waals surface area contributed by atoms with E-state index in [-0.39, 0.29) is 6.10 Å². The van der Waals surface area contributed by atoms with Gasteiger partial charge in [-0.25, -0.2) is 0 Å². The highest BCUT2D eigenvalue weighted by molar-refractivity contribution is 5.84. The van der Waals surface area contributed by atoms with Crippen molar-refractivity contribution in [1.82, 2.24) is 4.57 Å². The minimum atomic E-state index is -0.387. The van der Waals surface area contributed by atoms with E-state index in [1.165, 1.54) is 30.2 Å². The van der Waals surface area contributed by atoms with Crippen molar-refractivity contribution >= 4 is 10.9 Å². The third-order valence-electron chi connectivity index (χ3n) is 3.95. The Bertz CT molecular complexity index is 523. The van der Waals surface area contributed by atoms with Gasteiger partial charge in [0, 0.05) is 29.2 Å². The summed E-state index contributed by atoms with van der Waals surface area (Å²) in [4.78, 5) is 0. The Morgan fingerprint density at radius 3 is 2.76 bits per heavy atom. The van der Waals surface area contributed by atoms with E-state index in [4.69, 9.17) is 0 Å². The lowest BCUT2D eigenvalue weighted by Crippen LogP contribution is -2.17. The first kappa shape index (κ1) is 10.8. The van der Waals surface area contributed by atoms with E-state index in [0.29, 0.717) is 0 Å². The highest BCUT2D eigenvalue weighted by Crippen LogP contribution is 2.32. The van der Waals surface area contributed by atoms with Crippen molar-refractivity contribution in [2.75, 3.05) is 0 Å². The zero-order valence-corrected chi connectivity index (χ0v) is 10.3. The van der Waals surface area contributed by atoms with E-state index in [9.17, 15) is 5.11 Å². The zero-order valence-electron chi connectivity index (χ0n) is 10.3. The molecule has 0 bridgehead atoms. The maximum absolute atomic E-state index is 9.83. The molecule has 1 aromatic carbocycles. The topological polar surface area (TPSA) is 25.2 Å². The van der Waals surface area contributed by atoms with Crippen LogP contribution in [0.5, 0.6) is 0 Å². The van der Waals surface area contributed by atoms with Gasteiger partial charge in [0.25, 0.3) is 0 Å². The molecule has 1 aliphatic carbocycles. The molecule has 0 amide bonds. The molecule has 17 heavy (non-hydrogen) atoms. The number of aliphatic hydroxyl groups excluding tert-OH is 1. The van der Waals surface area contributed by atoms with Gasteiger partial charge in [0.15, 0.2) is 0 Å². The molecule has 0 saturated heterocycles. The first-order valence-electron chi connectivity index (χ1n) is 6.51. The normalized spacial score (nSPS) is 18.2. The van der Waals surface area contributed by atoms with E-state index in [1.807, 2.05) is 13.0 Å². The van der Waals surface area contributed by atoms with Gasteiger partial charge in [0.05, 0.1) is 6.10 Å². The smallest absolute Gasteiger partial charge is 0.0782 e. The standard InChI is InChI=1S/C15H19NO/c1-11(17)14-10-16(9-12-5-4-6-12)15-8-3-2-7-13(14)15/h2-3,7-8,10-12,17H,4-6,9H2,1H3. The summed E-state index contributed by atoms with van der Waals surface area (Å²) in [5.41, 5.74) is 2.32. The van der Waals surface area contributed by atoms with Crippen LogP contribution in [-0.4, -0.2) is 9.67 Å². The summed E-state index contributed by atoms with van der Waals surface area (Å²) < 4.78 is 2.32. The van der Waals surface area contributed by atoms with Crippen molar-refractivity contribution in [1.29, 1.82) is 0 Å². The summed E-state index contributed by atoms with van der Waals surface area (Å²) in [5.74, 6) is 0.840. The number of nitrogens with zero attached hydrogens (tertiary/aromatic N) is 1. The fourth-order valence-electron chi connectivity index (χ4n) is 2.71. The van der Waals surface area contributed by atoms with Crippen LogP contribution in [0, 0.1) is 5.92 Å². The van der Waals surface area contributed by atoms with Gasteiger partial charge in [-0.2, -0.15) is 0 Å². The lowest BCUT2D eigenvalue weighted by atomic mass is 9.85. The third kappa shape index (κ3) is 1.87. The van der Waals surface area contributed by atoms with Crippen LogP contribution in [0.3, 0.4) is 0 Å². The number of benzene rings is 1. The summed E-state index contributed by atoms with van der Waals surface area (Å²) in [6.45, 7) is 2.95. The lowest BCUT2D eigenvalue weighted by molar-refractivity contribution is 0.200. The van der Waals surface area contributed by atoms with Gasteiger partial charge in [-0.15, -0.1) is 0 Å². The van der Waals surface area contributed by atoms with E-state index in [0.717, 1.165) is 18.0 Å². The number of hydrogen-bond donors (Lipinski definition) is 1. The summed E-state index contributed by atoms with van der Waals surface area (Å²) >= 11 is 0. The lowest BCUT2D eigenvalue weighted by Gasteiger charge is -2.26. The molecule has 1 heterocycles. The molecule has 3 rings (SSSR count). The Kier molecular flexibility index (Phi) is 2.67. The first-order chi connectivity index (χ1) is 8.25. The van der Waals surface area contributed by atoms with Crippen molar-refractivity contribution in [3.05, 3.63) is 36.0 Å². The van der Waals surface area contributed by atoms with Gasteiger partial charge in [0.2, 0.25) is 0 Å². The molecule has 1 fully saturated rings. The Hall–Kier alpha value is -1.28. The highest BCUT2D eigenvalue weighted by Gasteiger charge is 2.20. The van der Waals surface area contributed by atoms with Crippen LogP contribution in [0.1, 0.15) is 37.9 Å². The molecule has 1 aliphatic rings. The Labute approximate surface area is 102 Å². The Balaban J connectivity index is 2.04. The molecule has 90 valence electrons. The average molecular weight is 229 g/mol. The minimum absolute atomic E-state index is 0.387. The van der Waals surface area contributed by atoms with Crippen LogP contribution in [0.2, 0.25) is 0 Å². The summed E-state index contributed by atoms with van der Waals surface area (Å²) in [6.07, 6.45) is 5.84. The van der Waals surface area contributed by atoms with E-state index in [2.05, 4.69) is 29.0 Å². The van der Waals surface area contributed by atoms with Crippen LogP contribution in [0.4, 0.5) is 0 Å². The minimum Gasteiger partial charge on any atom is -0.389 e. The molecule has 2 nitrogen and oxygen atoms in total. The van der Waals surface area contributed by atoms with E-state index >= 15 is 0 Å². The summed E-state index contributed by atoms with van der Waals surface area (Å²) in [6, 6.07) is 8.38. The molecule has 1 atom stereocenters. The largest absolute Gasteiger partial charge is 0.389 e. The average Bonchev–Trinajstić information content (AvgIpc) is 2.63.